The maximum Gasteiger partial charge on any atom is 0.271 e. The van der Waals surface area contributed by atoms with Crippen LogP contribution in [0.25, 0.3) is 5.69 Å². The smallest absolute Gasteiger partial charge is 0.271 e. The van der Waals surface area contributed by atoms with Gasteiger partial charge in [0.15, 0.2) is 0 Å². The van der Waals surface area contributed by atoms with Crippen molar-refractivity contribution >= 4 is 34.7 Å². The summed E-state index contributed by atoms with van der Waals surface area (Å²) in [6, 6.07) is 13.7. The Morgan fingerprint density at radius 2 is 1.84 bits per heavy atom. The molecule has 1 aromatic carbocycles. The number of carbonyl (C=O) groups is 1. The molecule has 5 nitrogen and oxygen atoms in total. The molecule has 3 aromatic rings. The molecule has 0 saturated heterocycles. The number of pyridine rings is 1. The highest BCUT2D eigenvalue weighted by Gasteiger charge is 2.09. The molecule has 126 valence electrons. The Morgan fingerprint density at radius 1 is 1.16 bits per heavy atom. The van der Waals surface area contributed by atoms with Crippen molar-refractivity contribution in [2.24, 2.45) is 5.10 Å². The maximum atomic E-state index is 12.0. The molecule has 1 amide bonds. The molecule has 0 bridgehead atoms. The number of rotatable bonds is 4. The summed E-state index contributed by atoms with van der Waals surface area (Å²) in [5.41, 5.74) is 7.32. The van der Waals surface area contributed by atoms with Gasteiger partial charge in [-0.1, -0.05) is 0 Å². The van der Waals surface area contributed by atoms with Crippen LogP contribution in [0.4, 0.5) is 0 Å². The van der Waals surface area contributed by atoms with Crippen molar-refractivity contribution in [3.8, 4) is 5.69 Å². The van der Waals surface area contributed by atoms with Gasteiger partial charge in [-0.25, -0.2) is 5.43 Å². The predicted octanol–water partition coefficient (Wildman–Crippen LogP) is 3.86. The van der Waals surface area contributed by atoms with E-state index in [9.17, 15) is 4.79 Å². The third-order valence-electron chi connectivity index (χ3n) is 3.87. The van der Waals surface area contributed by atoms with E-state index < -0.39 is 0 Å². The molecule has 6 heteroatoms. The number of nitrogens with zero attached hydrogens (tertiary/aromatic N) is 3. The van der Waals surface area contributed by atoms with Crippen molar-refractivity contribution in [3.05, 3.63) is 80.9 Å². The number of nitrogens with one attached hydrogen (secondary N) is 1. The van der Waals surface area contributed by atoms with Gasteiger partial charge in [-0.2, -0.15) is 5.10 Å². The highest BCUT2D eigenvalue weighted by molar-refractivity contribution is 14.1. The fraction of sp³-hybridized carbons (Fsp3) is 0.105. The van der Waals surface area contributed by atoms with Crippen molar-refractivity contribution in [1.82, 2.24) is 15.0 Å². The third-order valence-corrected chi connectivity index (χ3v) is 4.59. The van der Waals surface area contributed by atoms with Gasteiger partial charge >= 0.3 is 0 Å². The van der Waals surface area contributed by atoms with Crippen LogP contribution >= 0.6 is 22.6 Å². The van der Waals surface area contributed by atoms with Crippen molar-refractivity contribution in [2.45, 2.75) is 13.8 Å². The minimum atomic E-state index is -0.259. The summed E-state index contributed by atoms with van der Waals surface area (Å²) in [5.74, 6) is -0.259. The highest BCUT2D eigenvalue weighted by atomic mass is 127. The van der Waals surface area contributed by atoms with Crippen LogP contribution in [0.1, 0.15) is 27.3 Å². The van der Waals surface area contributed by atoms with Gasteiger partial charge in [-0.3, -0.25) is 9.78 Å². The molecule has 1 N–H and O–H groups in total. The van der Waals surface area contributed by atoms with E-state index in [2.05, 4.69) is 79.9 Å². The zero-order valence-corrected chi connectivity index (χ0v) is 16.1. The molecule has 0 aliphatic carbocycles. The first-order valence-corrected chi connectivity index (χ1v) is 8.82. The lowest BCUT2D eigenvalue weighted by Gasteiger charge is -2.09. The SMILES string of the molecule is Cc1cc(/C=N\NC(=O)c2ccncc2)c(C)n1-c1ccc(I)cc1. The van der Waals surface area contributed by atoms with Gasteiger partial charge in [0.1, 0.15) is 0 Å². The van der Waals surface area contributed by atoms with Gasteiger partial charge in [-0.15, -0.1) is 0 Å². The third kappa shape index (κ3) is 3.96. The Labute approximate surface area is 159 Å². The molecule has 0 unspecified atom stereocenters. The molecule has 2 heterocycles. The summed E-state index contributed by atoms with van der Waals surface area (Å²) in [4.78, 5) is 15.9. The van der Waals surface area contributed by atoms with Crippen LogP contribution in [0.5, 0.6) is 0 Å². The molecule has 0 spiro atoms. The molecule has 0 radical (unpaired) electrons. The van der Waals surface area contributed by atoms with E-state index in [0.717, 1.165) is 22.6 Å². The summed E-state index contributed by atoms with van der Waals surface area (Å²) in [6.45, 7) is 4.09. The molecule has 25 heavy (non-hydrogen) atoms. The first-order chi connectivity index (χ1) is 12.1. The Morgan fingerprint density at radius 3 is 2.52 bits per heavy atom. The number of benzene rings is 1. The van der Waals surface area contributed by atoms with Gasteiger partial charge in [0.2, 0.25) is 0 Å². The molecule has 0 fully saturated rings. The summed E-state index contributed by atoms with van der Waals surface area (Å²) >= 11 is 2.29. The number of aromatic nitrogens is 2. The van der Waals surface area contributed by atoms with Crippen molar-refractivity contribution in [2.75, 3.05) is 0 Å². The molecule has 2 aromatic heterocycles. The standard InChI is InChI=1S/C19H17IN4O/c1-13-11-16(12-22-23-19(25)15-7-9-21-10-8-15)14(2)24(13)18-5-3-17(20)4-6-18/h3-12H,1-2H3,(H,23,25)/b22-12-. The Kier molecular flexibility index (Phi) is 5.28. The molecule has 0 aliphatic rings. The van der Waals surface area contributed by atoms with Gasteiger partial charge in [-0.05, 0) is 78.9 Å². The molecule has 0 saturated carbocycles. The van der Waals surface area contributed by atoms with E-state index >= 15 is 0 Å². The highest BCUT2D eigenvalue weighted by Crippen LogP contribution is 2.20. The molecule has 0 atom stereocenters. The second kappa shape index (κ2) is 7.60. The lowest BCUT2D eigenvalue weighted by Crippen LogP contribution is -2.17. The Bertz CT molecular complexity index is 915. The van der Waals surface area contributed by atoms with Gasteiger partial charge < -0.3 is 4.57 Å². The summed E-state index contributed by atoms with van der Waals surface area (Å²) in [7, 11) is 0. The van der Waals surface area contributed by atoms with E-state index in [1.807, 2.05) is 6.92 Å². The van der Waals surface area contributed by atoms with Gasteiger partial charge in [0, 0.05) is 44.2 Å². The van der Waals surface area contributed by atoms with Crippen molar-refractivity contribution < 1.29 is 4.79 Å². The van der Waals surface area contributed by atoms with E-state index in [1.165, 1.54) is 3.57 Å². The van der Waals surface area contributed by atoms with Crippen LogP contribution in [-0.2, 0) is 0 Å². The topological polar surface area (TPSA) is 59.3 Å². The number of halogens is 1. The molecular formula is C19H17IN4O. The number of amides is 1. The number of carbonyl (C=O) groups excluding carboxylic acids is 1. The first kappa shape index (κ1) is 17.3. The Hall–Kier alpha value is -2.48. The average Bonchev–Trinajstić information content (AvgIpc) is 2.90. The van der Waals surface area contributed by atoms with E-state index in [0.29, 0.717) is 5.56 Å². The zero-order chi connectivity index (χ0) is 17.8. The molecular weight excluding hydrogens is 427 g/mol. The number of hydrazone groups is 1. The van der Waals surface area contributed by atoms with E-state index in [-0.39, 0.29) is 5.91 Å². The van der Waals surface area contributed by atoms with E-state index in [4.69, 9.17) is 0 Å². The number of aryl methyl sites for hydroxylation is 1. The van der Waals surface area contributed by atoms with Crippen LogP contribution < -0.4 is 5.43 Å². The summed E-state index contributed by atoms with van der Waals surface area (Å²) in [6.07, 6.45) is 4.82. The minimum Gasteiger partial charge on any atom is -0.318 e. The van der Waals surface area contributed by atoms with Crippen LogP contribution in [0, 0.1) is 17.4 Å². The van der Waals surface area contributed by atoms with Crippen LogP contribution in [-0.4, -0.2) is 21.7 Å². The summed E-state index contributed by atoms with van der Waals surface area (Å²) < 4.78 is 3.37. The minimum absolute atomic E-state index is 0.259. The van der Waals surface area contributed by atoms with E-state index in [1.54, 1.807) is 30.7 Å². The van der Waals surface area contributed by atoms with Crippen LogP contribution in [0.3, 0.4) is 0 Å². The predicted molar refractivity (Wildman–Crippen MR) is 107 cm³/mol. The Balaban J connectivity index is 1.79. The fourth-order valence-electron chi connectivity index (χ4n) is 2.63. The van der Waals surface area contributed by atoms with Crippen LogP contribution in [0.2, 0.25) is 0 Å². The van der Waals surface area contributed by atoms with Crippen LogP contribution in [0.15, 0.2) is 60.0 Å². The van der Waals surface area contributed by atoms with Gasteiger partial charge in [0.05, 0.1) is 6.21 Å². The lowest BCUT2D eigenvalue weighted by molar-refractivity contribution is 0.0955. The van der Waals surface area contributed by atoms with Gasteiger partial charge in [0.25, 0.3) is 5.91 Å². The molecule has 0 aliphatic heterocycles. The maximum absolute atomic E-state index is 12.0. The van der Waals surface area contributed by atoms with Crippen molar-refractivity contribution in [1.29, 1.82) is 0 Å². The summed E-state index contributed by atoms with van der Waals surface area (Å²) in [5, 5.41) is 4.08. The lowest BCUT2D eigenvalue weighted by atomic mass is 10.2. The quantitative estimate of drug-likeness (QED) is 0.378. The number of hydrogen-bond acceptors (Lipinski definition) is 3. The zero-order valence-electron chi connectivity index (χ0n) is 13.9. The fourth-order valence-corrected chi connectivity index (χ4v) is 2.99. The first-order valence-electron chi connectivity index (χ1n) is 7.74. The second-order valence-electron chi connectivity index (χ2n) is 5.57. The second-order valence-corrected chi connectivity index (χ2v) is 6.82. The van der Waals surface area contributed by atoms with Crippen molar-refractivity contribution in [3.63, 3.8) is 0 Å². The largest absolute Gasteiger partial charge is 0.318 e. The number of hydrogen-bond donors (Lipinski definition) is 1. The average molecular weight is 444 g/mol. The molecule has 3 rings (SSSR count). The monoisotopic (exact) mass is 444 g/mol. The normalized spacial score (nSPS) is 11.0.